The molecular weight excluding hydrogens is 166 g/mol. The highest BCUT2D eigenvalue weighted by molar-refractivity contribution is 9.09. The Morgan fingerprint density at radius 1 is 1.62 bits per heavy atom. The minimum atomic E-state index is 0.336. The van der Waals surface area contributed by atoms with Gasteiger partial charge in [-0.25, -0.2) is 0 Å². The van der Waals surface area contributed by atoms with E-state index >= 15 is 0 Å². The first-order valence-electron chi connectivity index (χ1n) is 2.97. The van der Waals surface area contributed by atoms with Gasteiger partial charge >= 0.3 is 0 Å². The molecule has 0 spiro atoms. The molecule has 0 amide bonds. The van der Waals surface area contributed by atoms with Crippen LogP contribution in [0.15, 0.2) is 4.99 Å². The molecule has 0 aromatic rings. The summed E-state index contributed by atoms with van der Waals surface area (Å²) in [5.74, 6) is 0. The largest absolute Gasteiger partial charge is 0.283 e. The molecule has 0 rings (SSSR count). The van der Waals surface area contributed by atoms with Crippen LogP contribution in [0.3, 0.4) is 0 Å². The third kappa shape index (κ3) is 4.31. The normalized spacial score (nSPS) is 14.9. The molecular formula is C6H12BrN. The van der Waals surface area contributed by atoms with E-state index in [-0.39, 0.29) is 0 Å². The van der Waals surface area contributed by atoms with Crippen LogP contribution >= 0.6 is 15.9 Å². The van der Waals surface area contributed by atoms with E-state index in [0.717, 1.165) is 12.8 Å². The Balaban J connectivity index is 3.21. The zero-order valence-electron chi connectivity index (χ0n) is 5.39. The van der Waals surface area contributed by atoms with Gasteiger partial charge in [-0.2, -0.15) is 0 Å². The van der Waals surface area contributed by atoms with Crippen LogP contribution in [-0.4, -0.2) is 11.2 Å². The minimum Gasteiger partial charge on any atom is -0.283 e. The van der Waals surface area contributed by atoms with Crippen molar-refractivity contribution in [2.75, 3.05) is 0 Å². The minimum absolute atomic E-state index is 0.336. The van der Waals surface area contributed by atoms with Gasteiger partial charge in [0, 0.05) is 0 Å². The van der Waals surface area contributed by atoms with Crippen molar-refractivity contribution >= 4 is 22.1 Å². The van der Waals surface area contributed by atoms with E-state index in [4.69, 9.17) is 0 Å². The predicted molar refractivity (Wildman–Crippen MR) is 41.8 cm³/mol. The van der Waals surface area contributed by atoms with Gasteiger partial charge in [-0.1, -0.05) is 29.8 Å². The highest BCUT2D eigenvalue weighted by atomic mass is 79.9. The van der Waals surface area contributed by atoms with Crippen LogP contribution in [0.4, 0.5) is 0 Å². The summed E-state index contributed by atoms with van der Waals surface area (Å²) in [5.41, 5.74) is 0. The summed E-state index contributed by atoms with van der Waals surface area (Å²) >= 11 is 3.38. The molecule has 0 aromatic heterocycles. The van der Waals surface area contributed by atoms with Crippen molar-refractivity contribution in [3.8, 4) is 0 Å². The highest BCUT2D eigenvalue weighted by Crippen LogP contribution is 2.03. The maximum absolute atomic E-state index is 4.15. The number of hydrogen-bond acceptors (Lipinski definition) is 1. The van der Waals surface area contributed by atoms with E-state index < -0.39 is 0 Å². The van der Waals surface area contributed by atoms with Crippen molar-refractivity contribution in [1.29, 1.82) is 0 Å². The number of halogens is 1. The van der Waals surface area contributed by atoms with Gasteiger partial charge in [0.15, 0.2) is 0 Å². The number of aliphatic imine (C=N–C) groups is 1. The van der Waals surface area contributed by atoms with E-state index in [0.29, 0.717) is 4.95 Å². The third-order valence-corrected chi connectivity index (χ3v) is 1.67. The van der Waals surface area contributed by atoms with Crippen molar-refractivity contribution in [3.05, 3.63) is 0 Å². The van der Waals surface area contributed by atoms with Gasteiger partial charge in [0.05, 0.1) is 0 Å². The van der Waals surface area contributed by atoms with E-state index in [9.17, 15) is 0 Å². The second kappa shape index (κ2) is 5.29. The van der Waals surface area contributed by atoms with Gasteiger partial charge in [-0.15, -0.1) is 0 Å². The lowest BCUT2D eigenvalue weighted by molar-refractivity contribution is 0.885. The number of rotatable bonds is 3. The van der Waals surface area contributed by atoms with Crippen LogP contribution in [-0.2, 0) is 0 Å². The molecule has 8 heavy (non-hydrogen) atoms. The maximum Gasteiger partial charge on any atom is 0.104 e. The van der Waals surface area contributed by atoms with Gasteiger partial charge < -0.3 is 0 Å². The van der Waals surface area contributed by atoms with Gasteiger partial charge in [0.25, 0.3) is 0 Å². The SMILES string of the molecule is CC/C=N\C(Br)CC. The number of hydrogen-bond donors (Lipinski definition) is 0. The average Bonchev–Trinajstić information content (AvgIpc) is 1.83. The molecule has 1 nitrogen and oxygen atoms in total. The van der Waals surface area contributed by atoms with Crippen molar-refractivity contribution in [2.24, 2.45) is 4.99 Å². The summed E-state index contributed by atoms with van der Waals surface area (Å²) in [6, 6.07) is 0. The lowest BCUT2D eigenvalue weighted by Crippen LogP contribution is -1.88. The first-order valence-corrected chi connectivity index (χ1v) is 3.88. The van der Waals surface area contributed by atoms with Crippen molar-refractivity contribution in [2.45, 2.75) is 31.6 Å². The first kappa shape index (κ1) is 8.15. The molecule has 1 atom stereocenters. The Hall–Kier alpha value is 0.150. The van der Waals surface area contributed by atoms with Crippen LogP contribution in [0, 0.1) is 0 Å². The Bertz CT molecular complexity index is 70.9. The van der Waals surface area contributed by atoms with E-state index in [2.05, 4.69) is 34.8 Å². The van der Waals surface area contributed by atoms with Gasteiger partial charge in [0.2, 0.25) is 0 Å². The second-order valence-corrected chi connectivity index (χ2v) is 2.64. The summed E-state index contributed by atoms with van der Waals surface area (Å²) in [6.07, 6.45) is 4.03. The van der Waals surface area contributed by atoms with E-state index in [1.807, 2.05) is 6.21 Å². The highest BCUT2D eigenvalue weighted by Gasteiger charge is 1.90. The fraction of sp³-hybridized carbons (Fsp3) is 0.833. The van der Waals surface area contributed by atoms with Crippen LogP contribution < -0.4 is 0 Å². The summed E-state index contributed by atoms with van der Waals surface area (Å²) in [5, 5.41) is 0. The zero-order valence-corrected chi connectivity index (χ0v) is 6.98. The summed E-state index contributed by atoms with van der Waals surface area (Å²) in [4.78, 5) is 4.49. The smallest absolute Gasteiger partial charge is 0.104 e. The molecule has 0 aliphatic heterocycles. The summed E-state index contributed by atoms with van der Waals surface area (Å²) in [6.45, 7) is 4.19. The first-order chi connectivity index (χ1) is 3.81. The maximum atomic E-state index is 4.15. The predicted octanol–water partition coefficient (Wildman–Crippen LogP) is 2.60. The van der Waals surface area contributed by atoms with E-state index in [1.165, 1.54) is 0 Å². The fourth-order valence-corrected chi connectivity index (χ4v) is 0.492. The quantitative estimate of drug-likeness (QED) is 0.358. The lowest BCUT2D eigenvalue weighted by atomic mass is 10.5. The van der Waals surface area contributed by atoms with E-state index in [1.54, 1.807) is 0 Å². The Labute approximate surface area is 59.3 Å². The Morgan fingerprint density at radius 3 is 2.62 bits per heavy atom. The zero-order chi connectivity index (χ0) is 6.41. The van der Waals surface area contributed by atoms with Crippen molar-refractivity contribution < 1.29 is 0 Å². The Kier molecular flexibility index (Phi) is 5.39. The molecule has 0 fully saturated rings. The standard InChI is InChI=1S/C6H12BrN/c1-3-5-8-6(7)4-2/h5-6H,3-4H2,1-2H3/b8-5-. The Morgan fingerprint density at radius 2 is 2.25 bits per heavy atom. The number of nitrogens with zero attached hydrogens (tertiary/aromatic N) is 1. The molecule has 48 valence electrons. The fourth-order valence-electron chi connectivity index (χ4n) is 0.325. The third-order valence-electron chi connectivity index (χ3n) is 0.787. The summed E-state index contributed by atoms with van der Waals surface area (Å²) in [7, 11) is 0. The molecule has 0 saturated heterocycles. The van der Waals surface area contributed by atoms with Gasteiger partial charge in [-0.05, 0) is 19.1 Å². The van der Waals surface area contributed by atoms with Crippen LogP contribution in [0.1, 0.15) is 26.7 Å². The molecule has 0 aromatic carbocycles. The molecule has 0 saturated carbocycles. The molecule has 0 bridgehead atoms. The van der Waals surface area contributed by atoms with Crippen LogP contribution in [0.2, 0.25) is 0 Å². The number of alkyl halides is 1. The second-order valence-electron chi connectivity index (χ2n) is 1.58. The molecule has 0 radical (unpaired) electrons. The monoisotopic (exact) mass is 177 g/mol. The summed E-state index contributed by atoms with van der Waals surface area (Å²) < 4.78 is 0. The lowest BCUT2D eigenvalue weighted by Gasteiger charge is -1.94. The molecule has 0 aliphatic rings. The van der Waals surface area contributed by atoms with Crippen molar-refractivity contribution in [1.82, 2.24) is 0 Å². The van der Waals surface area contributed by atoms with Crippen molar-refractivity contribution in [3.63, 3.8) is 0 Å². The van der Waals surface area contributed by atoms with Gasteiger partial charge in [-0.3, -0.25) is 4.99 Å². The van der Waals surface area contributed by atoms with Crippen LogP contribution in [0.5, 0.6) is 0 Å². The molecule has 0 aliphatic carbocycles. The van der Waals surface area contributed by atoms with Crippen LogP contribution in [0.25, 0.3) is 0 Å². The molecule has 2 heteroatoms. The molecule has 1 unspecified atom stereocenters. The average molecular weight is 178 g/mol. The topological polar surface area (TPSA) is 12.4 Å². The molecule has 0 N–H and O–H groups in total. The molecule has 0 heterocycles. The van der Waals surface area contributed by atoms with Gasteiger partial charge in [0.1, 0.15) is 4.95 Å².